The number of methoxy groups -OCH3 is 1. The van der Waals surface area contributed by atoms with Gasteiger partial charge in [0, 0.05) is 5.56 Å². The number of furan rings is 1. The maximum atomic E-state index is 13.0. The van der Waals surface area contributed by atoms with Gasteiger partial charge in [-0.2, -0.15) is 13.2 Å². The van der Waals surface area contributed by atoms with Gasteiger partial charge < -0.3 is 9.15 Å². The summed E-state index contributed by atoms with van der Waals surface area (Å²) in [4.78, 5) is 10.5. The van der Waals surface area contributed by atoms with Crippen LogP contribution in [-0.2, 0) is 6.18 Å². The number of carbonyl (C=O) groups is 1. The molecule has 0 atom stereocenters. The van der Waals surface area contributed by atoms with Gasteiger partial charge in [-0.05, 0) is 30.3 Å². The number of carbonyl (C=O) groups excluding carboxylic acids is 1. The molecule has 1 aromatic heterocycles. The van der Waals surface area contributed by atoms with E-state index in [4.69, 9.17) is 9.15 Å². The normalized spacial score (nSPS) is 11.4. The molecule has 1 heterocycles. The van der Waals surface area contributed by atoms with E-state index in [0.29, 0.717) is 6.29 Å². The van der Waals surface area contributed by atoms with E-state index < -0.39 is 11.7 Å². The van der Waals surface area contributed by atoms with Crippen LogP contribution in [0, 0.1) is 0 Å². The average molecular weight is 270 g/mol. The van der Waals surface area contributed by atoms with Gasteiger partial charge in [0.25, 0.3) is 0 Å². The molecule has 0 amide bonds. The van der Waals surface area contributed by atoms with Gasteiger partial charge >= 0.3 is 6.18 Å². The summed E-state index contributed by atoms with van der Waals surface area (Å²) in [6.07, 6.45) is -4.11. The molecule has 0 bridgehead atoms. The van der Waals surface area contributed by atoms with E-state index in [2.05, 4.69) is 0 Å². The van der Waals surface area contributed by atoms with E-state index in [1.807, 2.05) is 0 Å². The molecule has 0 aliphatic heterocycles. The quantitative estimate of drug-likeness (QED) is 0.796. The summed E-state index contributed by atoms with van der Waals surface area (Å²) in [7, 11) is 1.28. The van der Waals surface area contributed by atoms with Crippen molar-refractivity contribution in [1.82, 2.24) is 0 Å². The fourth-order valence-corrected chi connectivity index (χ4v) is 1.66. The molecule has 2 rings (SSSR count). The van der Waals surface area contributed by atoms with Crippen LogP contribution in [0.15, 0.2) is 34.7 Å². The minimum absolute atomic E-state index is 0.0166. The highest BCUT2D eigenvalue weighted by atomic mass is 19.4. The zero-order valence-electron chi connectivity index (χ0n) is 9.82. The van der Waals surface area contributed by atoms with Crippen LogP contribution in [0.2, 0.25) is 0 Å². The first kappa shape index (κ1) is 13.2. The molecular weight excluding hydrogens is 261 g/mol. The molecular formula is C13H9F3O3. The molecule has 0 spiro atoms. The summed E-state index contributed by atoms with van der Waals surface area (Å²) in [6, 6.07) is 6.16. The fourth-order valence-electron chi connectivity index (χ4n) is 1.66. The van der Waals surface area contributed by atoms with Crippen molar-refractivity contribution >= 4 is 6.29 Å². The van der Waals surface area contributed by atoms with E-state index in [9.17, 15) is 18.0 Å². The monoisotopic (exact) mass is 270 g/mol. The molecule has 0 aliphatic carbocycles. The maximum Gasteiger partial charge on any atom is 0.417 e. The van der Waals surface area contributed by atoms with E-state index in [1.165, 1.54) is 31.4 Å². The van der Waals surface area contributed by atoms with Gasteiger partial charge in [0.1, 0.15) is 11.5 Å². The van der Waals surface area contributed by atoms with Gasteiger partial charge in [-0.25, -0.2) is 0 Å². The van der Waals surface area contributed by atoms with Crippen molar-refractivity contribution in [3.05, 3.63) is 41.7 Å². The summed E-state index contributed by atoms with van der Waals surface area (Å²) in [5, 5.41) is 0. The Morgan fingerprint density at radius 2 is 1.95 bits per heavy atom. The van der Waals surface area contributed by atoms with E-state index >= 15 is 0 Å². The van der Waals surface area contributed by atoms with E-state index in [0.717, 1.165) is 6.07 Å². The molecule has 6 heteroatoms. The second kappa shape index (κ2) is 4.79. The lowest BCUT2D eigenvalue weighted by Gasteiger charge is -2.12. The topological polar surface area (TPSA) is 39.4 Å². The van der Waals surface area contributed by atoms with Crippen molar-refractivity contribution in [3.8, 4) is 17.1 Å². The Morgan fingerprint density at radius 1 is 1.21 bits per heavy atom. The Hall–Kier alpha value is -2.24. The molecule has 1 aromatic carbocycles. The van der Waals surface area contributed by atoms with E-state index in [1.54, 1.807) is 0 Å². The molecule has 0 unspecified atom stereocenters. The molecule has 0 fully saturated rings. The molecule has 3 nitrogen and oxygen atoms in total. The van der Waals surface area contributed by atoms with Crippen LogP contribution in [0.5, 0.6) is 5.75 Å². The highest BCUT2D eigenvalue weighted by molar-refractivity contribution is 5.73. The molecule has 0 aliphatic rings. The van der Waals surface area contributed by atoms with Crippen molar-refractivity contribution in [2.45, 2.75) is 6.18 Å². The molecule has 0 saturated heterocycles. The highest BCUT2D eigenvalue weighted by Crippen LogP contribution is 2.39. The van der Waals surface area contributed by atoms with Gasteiger partial charge in [0.15, 0.2) is 12.0 Å². The summed E-state index contributed by atoms with van der Waals surface area (Å²) in [5.74, 6) is 0.0502. The van der Waals surface area contributed by atoms with Crippen LogP contribution in [0.25, 0.3) is 11.3 Å². The molecule has 0 radical (unpaired) electrons. The second-order valence-corrected chi connectivity index (χ2v) is 3.73. The van der Waals surface area contributed by atoms with Crippen molar-refractivity contribution in [2.75, 3.05) is 7.11 Å². The third kappa shape index (κ3) is 2.62. The number of halogens is 3. The van der Waals surface area contributed by atoms with Crippen LogP contribution in [0.4, 0.5) is 13.2 Å². The average Bonchev–Trinajstić information content (AvgIpc) is 2.85. The second-order valence-electron chi connectivity index (χ2n) is 3.73. The van der Waals surface area contributed by atoms with Crippen molar-refractivity contribution in [3.63, 3.8) is 0 Å². The standard InChI is InChI=1S/C13H9F3O3/c1-18-8-2-4-10(11(6-8)13(14,15)16)12-5-3-9(7-17)19-12/h2-7H,1H3. The molecule has 2 aromatic rings. The van der Waals surface area contributed by atoms with Crippen LogP contribution in [0.1, 0.15) is 16.1 Å². The van der Waals surface area contributed by atoms with Gasteiger partial charge in [-0.1, -0.05) is 0 Å². The molecule has 100 valence electrons. The Morgan fingerprint density at radius 3 is 2.47 bits per heavy atom. The van der Waals surface area contributed by atoms with Gasteiger partial charge in [-0.3, -0.25) is 4.79 Å². The lowest BCUT2D eigenvalue weighted by molar-refractivity contribution is -0.137. The van der Waals surface area contributed by atoms with Crippen LogP contribution in [-0.4, -0.2) is 13.4 Å². The number of alkyl halides is 3. The lowest BCUT2D eigenvalue weighted by atomic mass is 10.0. The predicted molar refractivity (Wildman–Crippen MR) is 61.1 cm³/mol. The summed E-state index contributed by atoms with van der Waals surface area (Å²) in [6.45, 7) is 0. The number of hydrogen-bond acceptors (Lipinski definition) is 3. The Labute approximate surface area is 106 Å². The van der Waals surface area contributed by atoms with Gasteiger partial charge in [0.2, 0.25) is 0 Å². The number of benzene rings is 1. The fraction of sp³-hybridized carbons (Fsp3) is 0.154. The number of hydrogen-bond donors (Lipinski definition) is 0. The Kier molecular flexibility index (Phi) is 3.33. The smallest absolute Gasteiger partial charge is 0.417 e. The highest BCUT2D eigenvalue weighted by Gasteiger charge is 2.35. The maximum absolute atomic E-state index is 13.0. The van der Waals surface area contributed by atoms with Crippen LogP contribution >= 0.6 is 0 Å². The summed E-state index contributed by atoms with van der Waals surface area (Å²) >= 11 is 0. The van der Waals surface area contributed by atoms with E-state index in [-0.39, 0.29) is 22.8 Å². The Balaban J connectivity index is 2.58. The minimum atomic E-state index is -4.54. The van der Waals surface area contributed by atoms with Crippen LogP contribution in [0.3, 0.4) is 0 Å². The predicted octanol–water partition coefficient (Wildman–Crippen LogP) is 3.79. The number of ether oxygens (including phenoxy) is 1. The largest absolute Gasteiger partial charge is 0.497 e. The number of aldehydes is 1. The number of rotatable bonds is 3. The first-order chi connectivity index (χ1) is 8.95. The third-order valence-electron chi connectivity index (χ3n) is 2.54. The Bertz CT molecular complexity index is 599. The minimum Gasteiger partial charge on any atom is -0.497 e. The van der Waals surface area contributed by atoms with Crippen molar-refractivity contribution < 1.29 is 27.1 Å². The lowest BCUT2D eigenvalue weighted by Crippen LogP contribution is -2.07. The van der Waals surface area contributed by atoms with Gasteiger partial charge in [0.05, 0.1) is 12.7 Å². The van der Waals surface area contributed by atoms with Crippen LogP contribution < -0.4 is 4.74 Å². The van der Waals surface area contributed by atoms with Crippen molar-refractivity contribution in [2.24, 2.45) is 0 Å². The summed E-state index contributed by atoms with van der Waals surface area (Å²) < 4.78 is 48.7. The third-order valence-corrected chi connectivity index (χ3v) is 2.54. The molecule has 0 saturated carbocycles. The SMILES string of the molecule is COc1ccc(-c2ccc(C=O)o2)c(C(F)(F)F)c1. The zero-order chi connectivity index (χ0) is 14.0. The van der Waals surface area contributed by atoms with Gasteiger partial charge in [-0.15, -0.1) is 0 Å². The first-order valence-corrected chi connectivity index (χ1v) is 5.26. The first-order valence-electron chi connectivity index (χ1n) is 5.26. The molecule has 0 N–H and O–H groups in total. The van der Waals surface area contributed by atoms with Crippen molar-refractivity contribution in [1.29, 1.82) is 0 Å². The summed E-state index contributed by atoms with van der Waals surface area (Å²) in [5.41, 5.74) is -1.01. The zero-order valence-corrected chi connectivity index (χ0v) is 9.82. The molecule has 19 heavy (non-hydrogen) atoms.